The lowest BCUT2D eigenvalue weighted by Crippen LogP contribution is -2.47. The molecule has 1 aliphatic rings. The first-order valence-electron chi connectivity index (χ1n) is 5.53. The molecule has 1 heterocycles. The van der Waals surface area contributed by atoms with Crippen LogP contribution in [0.3, 0.4) is 0 Å². The predicted molar refractivity (Wildman–Crippen MR) is 59.9 cm³/mol. The monoisotopic (exact) mass is 214 g/mol. The molecule has 0 radical (unpaired) electrons. The minimum Gasteiger partial charge on any atom is -0.273 e. The minimum absolute atomic E-state index is 0.0117. The van der Waals surface area contributed by atoms with Crippen molar-refractivity contribution in [3.8, 4) is 0 Å². The van der Waals surface area contributed by atoms with Crippen molar-refractivity contribution < 1.29 is 9.59 Å². The van der Waals surface area contributed by atoms with Crippen LogP contribution >= 0.6 is 0 Å². The van der Waals surface area contributed by atoms with Gasteiger partial charge >= 0.3 is 0 Å². The van der Waals surface area contributed by atoms with Crippen LogP contribution in [0.4, 0.5) is 0 Å². The summed E-state index contributed by atoms with van der Waals surface area (Å²) in [6, 6.07) is 0. The van der Waals surface area contributed by atoms with Crippen LogP contribution in [-0.2, 0) is 9.59 Å². The Hall–Kier alpha value is -1.06. The molecule has 1 fully saturated rings. The second-order valence-corrected chi connectivity index (χ2v) is 4.34. The van der Waals surface area contributed by atoms with E-state index in [0.29, 0.717) is 13.0 Å². The van der Waals surface area contributed by atoms with Gasteiger partial charge in [-0.1, -0.05) is 34.6 Å². The van der Waals surface area contributed by atoms with Gasteiger partial charge in [0.15, 0.2) is 0 Å². The fourth-order valence-electron chi connectivity index (χ4n) is 1.06. The van der Waals surface area contributed by atoms with Gasteiger partial charge in [0.1, 0.15) is 0 Å². The molecule has 0 aromatic heterocycles. The zero-order chi connectivity index (χ0) is 12.1. The minimum atomic E-state index is -0.442. The fraction of sp³-hybridized carbons (Fsp3) is 0.818. The van der Waals surface area contributed by atoms with E-state index in [1.165, 1.54) is 5.01 Å². The largest absolute Gasteiger partial charge is 0.273 e. The molecule has 1 N–H and O–H groups in total. The van der Waals surface area contributed by atoms with Crippen molar-refractivity contribution in [3.63, 3.8) is 0 Å². The molecule has 0 unspecified atom stereocenters. The van der Waals surface area contributed by atoms with Crippen LogP contribution in [0, 0.1) is 5.41 Å². The molecule has 1 saturated heterocycles. The van der Waals surface area contributed by atoms with Crippen LogP contribution in [0.2, 0.25) is 0 Å². The molecule has 1 rings (SSSR count). The number of carbonyl (C=O) groups is 2. The number of nitrogens with one attached hydrogen (secondary N) is 1. The van der Waals surface area contributed by atoms with Crippen molar-refractivity contribution in [1.82, 2.24) is 10.4 Å². The van der Waals surface area contributed by atoms with E-state index in [1.807, 2.05) is 34.6 Å². The Bertz CT molecular complexity index is 231. The third kappa shape index (κ3) is 4.32. The van der Waals surface area contributed by atoms with E-state index in [4.69, 9.17) is 0 Å². The molecule has 4 nitrogen and oxygen atoms in total. The zero-order valence-electron chi connectivity index (χ0n) is 10.4. The Morgan fingerprint density at radius 2 is 1.87 bits per heavy atom. The first-order valence-corrected chi connectivity index (χ1v) is 5.53. The Kier molecular flexibility index (Phi) is 5.33. The molecule has 0 spiro atoms. The van der Waals surface area contributed by atoms with Crippen LogP contribution in [0.15, 0.2) is 0 Å². The molecule has 0 aromatic rings. The van der Waals surface area contributed by atoms with Gasteiger partial charge in [-0.2, -0.15) is 0 Å². The van der Waals surface area contributed by atoms with E-state index >= 15 is 0 Å². The van der Waals surface area contributed by atoms with Crippen molar-refractivity contribution in [2.24, 2.45) is 5.41 Å². The van der Waals surface area contributed by atoms with E-state index in [2.05, 4.69) is 5.43 Å². The van der Waals surface area contributed by atoms with Gasteiger partial charge in [0.05, 0.1) is 0 Å². The maximum absolute atomic E-state index is 11.5. The highest BCUT2D eigenvalue weighted by atomic mass is 16.2. The van der Waals surface area contributed by atoms with Gasteiger partial charge in [-0.3, -0.25) is 20.0 Å². The van der Waals surface area contributed by atoms with Crippen LogP contribution in [0.1, 0.15) is 47.5 Å². The quantitative estimate of drug-likeness (QED) is 0.722. The van der Waals surface area contributed by atoms with Crippen molar-refractivity contribution in [3.05, 3.63) is 0 Å². The van der Waals surface area contributed by atoms with Crippen molar-refractivity contribution in [2.75, 3.05) is 6.54 Å². The third-order valence-electron chi connectivity index (χ3n) is 1.99. The molecule has 0 aliphatic carbocycles. The molecule has 4 heteroatoms. The van der Waals surface area contributed by atoms with Crippen LogP contribution in [0.25, 0.3) is 0 Å². The van der Waals surface area contributed by atoms with Gasteiger partial charge < -0.3 is 0 Å². The van der Waals surface area contributed by atoms with E-state index in [-0.39, 0.29) is 11.8 Å². The van der Waals surface area contributed by atoms with E-state index in [0.717, 1.165) is 6.42 Å². The average Bonchev–Trinajstić information content (AvgIpc) is 2.54. The highest BCUT2D eigenvalue weighted by Gasteiger charge is 2.27. The number of hydrogen-bond acceptors (Lipinski definition) is 2. The highest BCUT2D eigenvalue weighted by molar-refractivity contribution is 5.85. The van der Waals surface area contributed by atoms with Gasteiger partial charge in [-0.15, -0.1) is 0 Å². The number of rotatable bonds is 1. The normalized spacial score (nSPS) is 15.8. The number of hydrogen-bond donors (Lipinski definition) is 1. The zero-order valence-corrected chi connectivity index (χ0v) is 10.4. The maximum atomic E-state index is 11.5. The Morgan fingerprint density at radius 3 is 2.20 bits per heavy atom. The fourth-order valence-corrected chi connectivity index (χ4v) is 1.06. The van der Waals surface area contributed by atoms with Crippen molar-refractivity contribution in [2.45, 2.75) is 47.5 Å². The summed E-state index contributed by atoms with van der Waals surface area (Å²) in [6.07, 6.45) is 1.38. The van der Waals surface area contributed by atoms with E-state index in [9.17, 15) is 9.59 Å². The molecule has 0 atom stereocenters. The molecular formula is C11H22N2O2. The SMILES string of the molecule is CC.CC(C)(C)C(=O)NN1CCCC1=O. The summed E-state index contributed by atoms with van der Waals surface area (Å²) < 4.78 is 0. The number of hydrazine groups is 1. The standard InChI is InChI=1S/C9H16N2O2.C2H6/c1-9(2,3)8(13)10-11-6-4-5-7(11)12;1-2/h4-6H2,1-3H3,(H,10,13);1-2H3. The van der Waals surface area contributed by atoms with E-state index in [1.54, 1.807) is 0 Å². The number of nitrogens with zero attached hydrogens (tertiary/aromatic N) is 1. The van der Waals surface area contributed by atoms with Crippen LogP contribution in [-0.4, -0.2) is 23.4 Å². The summed E-state index contributed by atoms with van der Waals surface area (Å²) in [5.74, 6) is -0.0969. The topological polar surface area (TPSA) is 49.4 Å². The lowest BCUT2D eigenvalue weighted by molar-refractivity contribution is -0.142. The highest BCUT2D eigenvalue weighted by Crippen LogP contribution is 2.14. The third-order valence-corrected chi connectivity index (χ3v) is 1.99. The summed E-state index contributed by atoms with van der Waals surface area (Å²) in [6.45, 7) is 10.1. The van der Waals surface area contributed by atoms with Gasteiger partial charge in [-0.05, 0) is 6.42 Å². The molecule has 0 bridgehead atoms. The lowest BCUT2D eigenvalue weighted by atomic mass is 9.96. The average molecular weight is 214 g/mol. The maximum Gasteiger partial charge on any atom is 0.243 e. The second kappa shape index (κ2) is 5.73. The summed E-state index contributed by atoms with van der Waals surface area (Å²) in [5, 5.41) is 1.41. The second-order valence-electron chi connectivity index (χ2n) is 4.34. The van der Waals surface area contributed by atoms with Gasteiger partial charge in [0, 0.05) is 18.4 Å². The Balaban J connectivity index is 0.000000921. The molecular weight excluding hydrogens is 192 g/mol. The predicted octanol–water partition coefficient (Wildman–Crippen LogP) is 1.71. The lowest BCUT2D eigenvalue weighted by Gasteiger charge is -2.23. The first-order chi connectivity index (χ1) is 6.91. The molecule has 88 valence electrons. The summed E-state index contributed by atoms with van der Waals surface area (Å²) in [7, 11) is 0. The summed E-state index contributed by atoms with van der Waals surface area (Å²) >= 11 is 0. The van der Waals surface area contributed by atoms with Crippen molar-refractivity contribution >= 4 is 11.8 Å². The smallest absolute Gasteiger partial charge is 0.243 e. The summed E-state index contributed by atoms with van der Waals surface area (Å²) in [4.78, 5) is 22.6. The molecule has 0 aromatic carbocycles. The molecule has 2 amide bonds. The van der Waals surface area contributed by atoms with Crippen molar-refractivity contribution in [1.29, 1.82) is 0 Å². The Morgan fingerprint density at radius 1 is 1.33 bits per heavy atom. The Labute approximate surface area is 92.0 Å². The molecule has 15 heavy (non-hydrogen) atoms. The van der Waals surface area contributed by atoms with Gasteiger partial charge in [0.2, 0.25) is 11.8 Å². The number of amides is 2. The summed E-state index contributed by atoms with van der Waals surface area (Å²) in [5.41, 5.74) is 2.17. The van der Waals surface area contributed by atoms with Crippen LogP contribution < -0.4 is 5.43 Å². The van der Waals surface area contributed by atoms with Gasteiger partial charge in [0.25, 0.3) is 0 Å². The number of carbonyl (C=O) groups excluding carboxylic acids is 2. The van der Waals surface area contributed by atoms with E-state index < -0.39 is 5.41 Å². The molecule has 1 aliphatic heterocycles. The van der Waals surface area contributed by atoms with Crippen LogP contribution in [0.5, 0.6) is 0 Å². The first kappa shape index (κ1) is 13.9. The molecule has 0 saturated carbocycles. The van der Waals surface area contributed by atoms with Gasteiger partial charge in [-0.25, -0.2) is 0 Å².